The minimum Gasteiger partial charge on any atom is -0.356 e. The van der Waals surface area contributed by atoms with E-state index in [4.69, 9.17) is 0 Å². The highest BCUT2D eigenvalue weighted by Crippen LogP contribution is 2.02. The molecular formula is C13H17N5O. The summed E-state index contributed by atoms with van der Waals surface area (Å²) in [4.78, 5) is 19.5. The van der Waals surface area contributed by atoms with Gasteiger partial charge in [-0.2, -0.15) is 10.1 Å². The fourth-order valence-electron chi connectivity index (χ4n) is 1.73. The van der Waals surface area contributed by atoms with Gasteiger partial charge in [0.1, 0.15) is 6.33 Å². The van der Waals surface area contributed by atoms with E-state index in [0.717, 1.165) is 24.8 Å². The summed E-state index contributed by atoms with van der Waals surface area (Å²) in [5.41, 5.74) is 1.08. The molecule has 0 radical (unpaired) electrons. The lowest BCUT2D eigenvalue weighted by Gasteiger charge is -2.04. The zero-order valence-corrected chi connectivity index (χ0v) is 10.7. The molecular weight excluding hydrogens is 242 g/mol. The van der Waals surface area contributed by atoms with Gasteiger partial charge in [-0.1, -0.05) is 6.08 Å². The molecule has 6 heteroatoms. The number of allylic oxidation sites excluding steroid dienone is 1. The molecule has 0 bridgehead atoms. The van der Waals surface area contributed by atoms with E-state index in [0.29, 0.717) is 18.7 Å². The summed E-state index contributed by atoms with van der Waals surface area (Å²) in [6, 6.07) is 0. The second kappa shape index (κ2) is 6.63. The Morgan fingerprint density at radius 2 is 2.37 bits per heavy atom. The number of hydrogen-bond donors (Lipinski definition) is 1. The molecule has 2 aromatic heterocycles. The number of aryl methyl sites for hydroxylation is 1. The minimum atomic E-state index is 0.0738. The number of carbonyl (C=O) groups excluding carboxylic acids is 1. The molecule has 0 aliphatic rings. The molecule has 2 rings (SSSR count). The normalized spacial score (nSPS) is 10.5. The van der Waals surface area contributed by atoms with Gasteiger partial charge in [-0.05, 0) is 24.8 Å². The Kier molecular flexibility index (Phi) is 4.60. The van der Waals surface area contributed by atoms with Crippen LogP contribution in [0, 0.1) is 0 Å². The van der Waals surface area contributed by atoms with Gasteiger partial charge >= 0.3 is 0 Å². The van der Waals surface area contributed by atoms with Crippen molar-refractivity contribution >= 4 is 11.7 Å². The van der Waals surface area contributed by atoms with E-state index in [-0.39, 0.29) is 5.91 Å². The number of fused-ring (bicyclic) bond motifs is 1. The molecule has 2 heterocycles. The quantitative estimate of drug-likeness (QED) is 0.598. The standard InChI is InChI=1S/C13H17N5O/c1-2-3-6-12(19)14-7-4-5-11-8-15-13-16-10-17-18(13)9-11/h2,8-10H,1,3-7H2,(H,14,19). The van der Waals surface area contributed by atoms with E-state index in [2.05, 4.69) is 27.0 Å². The first-order chi connectivity index (χ1) is 9.29. The zero-order chi connectivity index (χ0) is 13.5. The first-order valence-electron chi connectivity index (χ1n) is 6.31. The average Bonchev–Trinajstić information content (AvgIpc) is 2.88. The summed E-state index contributed by atoms with van der Waals surface area (Å²) >= 11 is 0. The van der Waals surface area contributed by atoms with E-state index in [1.54, 1.807) is 16.8 Å². The van der Waals surface area contributed by atoms with Crippen LogP contribution in [0.2, 0.25) is 0 Å². The molecule has 0 saturated carbocycles. The summed E-state index contributed by atoms with van der Waals surface area (Å²) in [7, 11) is 0. The Hall–Kier alpha value is -2.24. The lowest BCUT2D eigenvalue weighted by Crippen LogP contribution is -2.24. The lowest BCUT2D eigenvalue weighted by atomic mass is 10.2. The van der Waals surface area contributed by atoms with Gasteiger partial charge in [0.05, 0.1) is 0 Å². The van der Waals surface area contributed by atoms with Gasteiger partial charge in [-0.25, -0.2) is 9.50 Å². The van der Waals surface area contributed by atoms with Crippen molar-refractivity contribution in [3.63, 3.8) is 0 Å². The average molecular weight is 259 g/mol. The van der Waals surface area contributed by atoms with E-state index < -0.39 is 0 Å². The predicted molar refractivity (Wildman–Crippen MR) is 71.5 cm³/mol. The molecule has 19 heavy (non-hydrogen) atoms. The third-order valence-electron chi connectivity index (χ3n) is 2.73. The van der Waals surface area contributed by atoms with E-state index in [9.17, 15) is 4.79 Å². The van der Waals surface area contributed by atoms with Crippen molar-refractivity contribution in [2.75, 3.05) is 6.54 Å². The number of aromatic nitrogens is 4. The van der Waals surface area contributed by atoms with Gasteiger partial charge in [-0.3, -0.25) is 4.79 Å². The molecule has 0 aliphatic carbocycles. The van der Waals surface area contributed by atoms with Crippen LogP contribution in [0.3, 0.4) is 0 Å². The molecule has 1 N–H and O–H groups in total. The van der Waals surface area contributed by atoms with Crippen molar-refractivity contribution < 1.29 is 4.79 Å². The minimum absolute atomic E-state index is 0.0738. The fourth-order valence-corrected chi connectivity index (χ4v) is 1.73. The second-order valence-corrected chi connectivity index (χ2v) is 4.25. The van der Waals surface area contributed by atoms with Gasteiger partial charge in [0.15, 0.2) is 0 Å². The molecule has 0 unspecified atom stereocenters. The number of carbonyl (C=O) groups is 1. The van der Waals surface area contributed by atoms with Crippen LogP contribution in [-0.4, -0.2) is 32.0 Å². The second-order valence-electron chi connectivity index (χ2n) is 4.25. The van der Waals surface area contributed by atoms with Crippen LogP contribution in [0.5, 0.6) is 0 Å². The maximum absolute atomic E-state index is 11.4. The summed E-state index contributed by atoms with van der Waals surface area (Å²) in [5.74, 6) is 0.672. The van der Waals surface area contributed by atoms with Gasteiger partial charge in [0.25, 0.3) is 5.78 Å². The highest BCUT2D eigenvalue weighted by atomic mass is 16.1. The van der Waals surface area contributed by atoms with E-state index in [1.807, 2.05) is 6.20 Å². The maximum atomic E-state index is 11.4. The van der Waals surface area contributed by atoms with Crippen molar-refractivity contribution in [2.45, 2.75) is 25.7 Å². The van der Waals surface area contributed by atoms with Crippen LogP contribution < -0.4 is 5.32 Å². The van der Waals surface area contributed by atoms with Crippen molar-refractivity contribution in [1.29, 1.82) is 0 Å². The number of rotatable bonds is 7. The molecule has 0 spiro atoms. The third kappa shape index (κ3) is 3.87. The third-order valence-corrected chi connectivity index (χ3v) is 2.73. The highest BCUT2D eigenvalue weighted by molar-refractivity contribution is 5.75. The number of hydrogen-bond acceptors (Lipinski definition) is 4. The van der Waals surface area contributed by atoms with Gasteiger partial charge in [0, 0.05) is 25.4 Å². The van der Waals surface area contributed by atoms with Gasteiger partial charge in [-0.15, -0.1) is 6.58 Å². The van der Waals surface area contributed by atoms with E-state index in [1.165, 1.54) is 6.33 Å². The summed E-state index contributed by atoms with van der Waals surface area (Å²) in [6.07, 6.45) is 9.89. The molecule has 0 saturated heterocycles. The van der Waals surface area contributed by atoms with Crippen molar-refractivity contribution in [3.8, 4) is 0 Å². The fraction of sp³-hybridized carbons (Fsp3) is 0.385. The predicted octanol–water partition coefficient (Wildman–Crippen LogP) is 1.14. The summed E-state index contributed by atoms with van der Waals surface area (Å²) in [6.45, 7) is 4.26. The first-order valence-corrected chi connectivity index (χ1v) is 6.31. The Balaban J connectivity index is 1.73. The van der Waals surface area contributed by atoms with Crippen LogP contribution in [0.15, 0.2) is 31.4 Å². The first kappa shape index (κ1) is 13.2. The number of nitrogens with one attached hydrogen (secondary N) is 1. The summed E-state index contributed by atoms with van der Waals surface area (Å²) < 4.78 is 1.65. The largest absolute Gasteiger partial charge is 0.356 e. The Morgan fingerprint density at radius 3 is 3.21 bits per heavy atom. The highest BCUT2D eigenvalue weighted by Gasteiger charge is 2.01. The zero-order valence-electron chi connectivity index (χ0n) is 10.7. The molecule has 2 aromatic rings. The summed E-state index contributed by atoms with van der Waals surface area (Å²) in [5, 5.41) is 6.91. The SMILES string of the molecule is C=CCCC(=O)NCCCc1cnc2ncnn2c1. The Bertz CT molecular complexity index is 563. The topological polar surface area (TPSA) is 72.2 Å². The lowest BCUT2D eigenvalue weighted by molar-refractivity contribution is -0.121. The molecule has 100 valence electrons. The van der Waals surface area contributed by atoms with E-state index >= 15 is 0 Å². The number of nitrogens with zero attached hydrogens (tertiary/aromatic N) is 4. The van der Waals surface area contributed by atoms with Crippen LogP contribution in [0.4, 0.5) is 0 Å². The van der Waals surface area contributed by atoms with Gasteiger partial charge < -0.3 is 5.32 Å². The Morgan fingerprint density at radius 1 is 1.47 bits per heavy atom. The molecule has 0 atom stereocenters. The molecule has 0 fully saturated rings. The molecule has 0 aromatic carbocycles. The van der Waals surface area contributed by atoms with Crippen LogP contribution >= 0.6 is 0 Å². The monoisotopic (exact) mass is 259 g/mol. The molecule has 1 amide bonds. The van der Waals surface area contributed by atoms with Crippen molar-refractivity contribution in [2.24, 2.45) is 0 Å². The van der Waals surface area contributed by atoms with Crippen LogP contribution in [-0.2, 0) is 11.2 Å². The van der Waals surface area contributed by atoms with Crippen molar-refractivity contribution in [1.82, 2.24) is 24.9 Å². The molecule has 0 aliphatic heterocycles. The van der Waals surface area contributed by atoms with Crippen molar-refractivity contribution in [3.05, 3.63) is 36.9 Å². The maximum Gasteiger partial charge on any atom is 0.252 e. The Labute approximate surface area is 111 Å². The molecule has 6 nitrogen and oxygen atoms in total. The van der Waals surface area contributed by atoms with Crippen LogP contribution in [0.25, 0.3) is 5.78 Å². The van der Waals surface area contributed by atoms with Gasteiger partial charge in [0.2, 0.25) is 5.91 Å². The smallest absolute Gasteiger partial charge is 0.252 e. The number of amides is 1. The van der Waals surface area contributed by atoms with Crippen LogP contribution in [0.1, 0.15) is 24.8 Å².